The van der Waals surface area contributed by atoms with Crippen LogP contribution in [0.15, 0.2) is 63.4 Å². The summed E-state index contributed by atoms with van der Waals surface area (Å²) < 4.78 is 28.3. The Hall–Kier alpha value is -3.11. The van der Waals surface area contributed by atoms with Crippen LogP contribution in [0.1, 0.15) is 0 Å². The van der Waals surface area contributed by atoms with Crippen LogP contribution in [0.4, 0.5) is 5.13 Å². The molecule has 2 aromatic heterocycles. The van der Waals surface area contributed by atoms with E-state index in [1.165, 1.54) is 22.7 Å². The predicted octanol–water partition coefficient (Wildman–Crippen LogP) is 3.70. The number of fused-ring (bicyclic) bond motifs is 1. The van der Waals surface area contributed by atoms with Crippen molar-refractivity contribution in [2.75, 3.05) is 16.8 Å². The first-order valence-corrected chi connectivity index (χ1v) is 14.4. The maximum absolute atomic E-state index is 12.5. The number of nitrogens with one attached hydrogen (secondary N) is 1. The van der Waals surface area contributed by atoms with Gasteiger partial charge in [-0.1, -0.05) is 63.5 Å². The molecule has 12 heteroatoms. The maximum Gasteiger partial charge on any atom is 0.263 e. The van der Waals surface area contributed by atoms with Crippen molar-refractivity contribution < 1.29 is 18.0 Å². The van der Waals surface area contributed by atoms with E-state index in [2.05, 4.69) is 37.1 Å². The molecule has 0 bridgehead atoms. The summed E-state index contributed by atoms with van der Waals surface area (Å²) in [6.07, 6.45) is 5.45. The molecular formula is C23H17BrN4O4S3. The van der Waals surface area contributed by atoms with Crippen LogP contribution in [-0.2, 0) is 26.0 Å². The first-order chi connectivity index (χ1) is 16.7. The van der Waals surface area contributed by atoms with Crippen molar-refractivity contribution in [3.63, 3.8) is 0 Å². The van der Waals surface area contributed by atoms with Crippen LogP contribution in [0.25, 0.3) is 21.5 Å². The van der Waals surface area contributed by atoms with Gasteiger partial charge in [0.2, 0.25) is 5.91 Å². The van der Waals surface area contributed by atoms with Gasteiger partial charge < -0.3 is 9.88 Å². The summed E-state index contributed by atoms with van der Waals surface area (Å²) in [5, 5.41) is 4.51. The number of aromatic nitrogens is 2. The van der Waals surface area contributed by atoms with Crippen molar-refractivity contribution in [1.82, 2.24) is 9.55 Å². The second kappa shape index (κ2) is 10.7. The quantitative estimate of drug-likeness (QED) is 0.331. The number of thiazole rings is 2. The Morgan fingerprint density at radius 1 is 1.17 bits per heavy atom. The maximum atomic E-state index is 12.5. The summed E-state index contributed by atoms with van der Waals surface area (Å²) in [7, 11) is -4.06. The molecular weight excluding hydrogens is 572 g/mol. The molecule has 2 aromatic carbocycles. The molecule has 0 aliphatic rings. The van der Waals surface area contributed by atoms with E-state index in [9.17, 15) is 18.0 Å². The number of nitrogens with zero attached hydrogens (tertiary/aromatic N) is 3. The zero-order valence-corrected chi connectivity index (χ0v) is 22.0. The minimum Gasteiger partial charge on any atom is -0.305 e. The van der Waals surface area contributed by atoms with Crippen molar-refractivity contribution in [2.24, 2.45) is 4.99 Å². The van der Waals surface area contributed by atoms with Gasteiger partial charge >= 0.3 is 0 Å². The summed E-state index contributed by atoms with van der Waals surface area (Å²) in [6.45, 7) is 0.168. The average molecular weight is 590 g/mol. The Balaban J connectivity index is 1.45. The third-order valence-electron chi connectivity index (χ3n) is 4.63. The van der Waals surface area contributed by atoms with Crippen LogP contribution >= 0.6 is 38.6 Å². The molecule has 0 aliphatic carbocycles. The number of rotatable bonds is 7. The van der Waals surface area contributed by atoms with Crippen LogP contribution in [0.3, 0.4) is 0 Å². The van der Waals surface area contributed by atoms with Gasteiger partial charge in [0.05, 0.1) is 22.5 Å². The number of halogens is 1. The van der Waals surface area contributed by atoms with Gasteiger partial charge in [0.1, 0.15) is 11.5 Å². The molecule has 8 nitrogen and oxygen atoms in total. The number of benzene rings is 2. The van der Waals surface area contributed by atoms with E-state index in [0.29, 0.717) is 5.69 Å². The summed E-state index contributed by atoms with van der Waals surface area (Å²) in [5.74, 6) is -0.910. The smallest absolute Gasteiger partial charge is 0.263 e. The number of sulfone groups is 1. The average Bonchev–Trinajstić information content (AvgIpc) is 3.38. The monoisotopic (exact) mass is 588 g/mol. The highest BCUT2D eigenvalue weighted by Gasteiger charge is 2.22. The molecule has 0 atom stereocenters. The first-order valence-electron chi connectivity index (χ1n) is 10.1. The topological polar surface area (TPSA) is 110 Å². The fourth-order valence-corrected chi connectivity index (χ4v) is 6.53. The molecule has 4 aromatic rings. The molecule has 0 spiro atoms. The summed E-state index contributed by atoms with van der Waals surface area (Å²) in [5.41, 5.74) is 2.32. The van der Waals surface area contributed by atoms with Crippen LogP contribution in [0.2, 0.25) is 0 Å². The minimum atomic E-state index is -4.06. The van der Waals surface area contributed by atoms with Crippen LogP contribution < -0.4 is 10.1 Å². The molecule has 0 unspecified atom stereocenters. The molecule has 2 heterocycles. The molecule has 2 amide bonds. The Morgan fingerprint density at radius 2 is 1.94 bits per heavy atom. The van der Waals surface area contributed by atoms with Crippen LogP contribution in [0, 0.1) is 12.3 Å². The fraction of sp³-hybridized carbons (Fsp3) is 0.130. The number of hydrogen-bond donors (Lipinski definition) is 1. The molecule has 0 saturated carbocycles. The van der Waals surface area contributed by atoms with E-state index in [-0.39, 0.29) is 16.5 Å². The number of carbonyl (C=O) groups excluding carboxylic acids is 2. The zero-order chi connectivity index (χ0) is 25.0. The van der Waals surface area contributed by atoms with Crippen molar-refractivity contribution in [2.45, 2.75) is 6.54 Å². The van der Waals surface area contributed by atoms with Gasteiger partial charge in [-0.15, -0.1) is 17.8 Å². The van der Waals surface area contributed by atoms with Gasteiger partial charge in [-0.2, -0.15) is 4.99 Å². The van der Waals surface area contributed by atoms with Crippen LogP contribution in [0.5, 0.6) is 0 Å². The highest BCUT2D eigenvalue weighted by atomic mass is 79.9. The SMILES string of the molecule is C#CCn1c(=NC(=O)CS(=O)(=O)CC(=O)Nc2nc(-c3ccccc3)cs2)sc2cc(Br)ccc21. The molecule has 0 aliphatic heterocycles. The summed E-state index contributed by atoms with van der Waals surface area (Å²) in [4.78, 5) is 33.3. The third-order valence-corrected chi connectivity index (χ3v) is 8.31. The van der Waals surface area contributed by atoms with E-state index >= 15 is 0 Å². The van der Waals surface area contributed by atoms with Crippen molar-refractivity contribution in [3.05, 3.63) is 63.2 Å². The second-order valence-corrected chi connectivity index (χ2v) is 12.1. The number of amides is 2. The summed E-state index contributed by atoms with van der Waals surface area (Å²) >= 11 is 5.79. The van der Waals surface area contributed by atoms with E-state index in [1.807, 2.05) is 48.5 Å². The van der Waals surface area contributed by atoms with Crippen LogP contribution in [-0.4, -0.2) is 41.3 Å². The molecule has 0 radical (unpaired) electrons. The van der Waals surface area contributed by atoms with Gasteiger partial charge in [0.15, 0.2) is 19.8 Å². The number of anilines is 1. The van der Waals surface area contributed by atoms with Gasteiger partial charge in [-0.3, -0.25) is 9.59 Å². The Labute approximate surface area is 217 Å². The third kappa shape index (κ3) is 6.32. The Kier molecular flexibility index (Phi) is 7.61. The molecule has 35 heavy (non-hydrogen) atoms. The normalized spacial score (nSPS) is 11.9. The van der Waals surface area contributed by atoms with Crippen molar-refractivity contribution in [1.29, 1.82) is 0 Å². The number of hydrogen-bond acceptors (Lipinski definition) is 7. The lowest BCUT2D eigenvalue weighted by Gasteiger charge is -2.03. The fourth-order valence-electron chi connectivity index (χ4n) is 3.18. The lowest BCUT2D eigenvalue weighted by atomic mass is 10.2. The van der Waals surface area contributed by atoms with Crippen molar-refractivity contribution in [3.8, 4) is 23.6 Å². The first kappa shape index (κ1) is 25.0. The van der Waals surface area contributed by atoms with E-state index in [4.69, 9.17) is 6.42 Å². The van der Waals surface area contributed by atoms with Gasteiger partial charge in [0.25, 0.3) is 5.91 Å². The van der Waals surface area contributed by atoms with E-state index in [0.717, 1.165) is 20.3 Å². The summed E-state index contributed by atoms with van der Waals surface area (Å²) in [6, 6.07) is 14.9. The van der Waals surface area contributed by atoms with Crippen molar-refractivity contribution >= 4 is 75.6 Å². The van der Waals surface area contributed by atoms with Gasteiger partial charge in [-0.05, 0) is 18.2 Å². The Bertz CT molecular complexity index is 1630. The number of carbonyl (C=O) groups is 2. The minimum absolute atomic E-state index is 0.168. The molecule has 178 valence electrons. The Morgan fingerprint density at radius 3 is 2.69 bits per heavy atom. The molecule has 0 fully saturated rings. The second-order valence-electron chi connectivity index (χ2n) is 7.28. The highest BCUT2D eigenvalue weighted by molar-refractivity contribution is 9.10. The van der Waals surface area contributed by atoms with E-state index < -0.39 is 33.2 Å². The number of terminal acetylenes is 1. The largest absolute Gasteiger partial charge is 0.305 e. The predicted molar refractivity (Wildman–Crippen MR) is 142 cm³/mol. The molecule has 0 saturated heterocycles. The van der Waals surface area contributed by atoms with E-state index in [1.54, 1.807) is 9.95 Å². The molecule has 4 rings (SSSR count). The zero-order valence-electron chi connectivity index (χ0n) is 18.0. The highest BCUT2D eigenvalue weighted by Crippen LogP contribution is 2.25. The van der Waals surface area contributed by atoms with Gasteiger partial charge in [0, 0.05) is 15.4 Å². The lowest BCUT2D eigenvalue weighted by molar-refractivity contribution is -0.115. The standard InChI is InChI=1S/C23H17BrN4O4S3/c1-2-10-28-18-9-8-16(24)11-19(18)34-23(28)27-21(30)14-35(31,32)13-20(29)26-22-25-17(12-33-22)15-6-4-3-5-7-15/h1,3-9,11-12H,10,13-14H2,(H,25,26,29). The van der Waals surface area contributed by atoms with Gasteiger partial charge in [-0.25, -0.2) is 13.4 Å². The molecule has 1 N–H and O–H groups in total. The lowest BCUT2D eigenvalue weighted by Crippen LogP contribution is -2.28.